The molecule has 2 aliphatic heterocycles. The van der Waals surface area contributed by atoms with Crippen LogP contribution in [0.15, 0.2) is 47.5 Å². The fourth-order valence-corrected chi connectivity index (χ4v) is 5.68. The fraction of sp³-hybridized carbons (Fsp3) is 0.455. The summed E-state index contributed by atoms with van der Waals surface area (Å²) in [5.41, 5.74) is 0.968. The van der Waals surface area contributed by atoms with E-state index in [0.29, 0.717) is 30.2 Å². The molecule has 3 heterocycles. The predicted octanol–water partition coefficient (Wildman–Crippen LogP) is 3.50. The molecule has 2 aromatic rings. The Bertz CT molecular complexity index is 997. The molecule has 2 aliphatic rings. The molecule has 4 rings (SSSR count). The van der Waals surface area contributed by atoms with Crippen molar-refractivity contribution in [2.45, 2.75) is 43.4 Å². The van der Waals surface area contributed by atoms with Gasteiger partial charge in [-0.25, -0.2) is 13.4 Å². The molecule has 0 bridgehead atoms. The minimum atomic E-state index is -3.55. The first-order valence-electron chi connectivity index (χ1n) is 10.7. The summed E-state index contributed by atoms with van der Waals surface area (Å²) in [5, 5.41) is 2.86. The number of rotatable bonds is 5. The summed E-state index contributed by atoms with van der Waals surface area (Å²) in [6.07, 6.45) is 7.91. The fourth-order valence-electron chi connectivity index (χ4n) is 4.12. The zero-order chi connectivity index (χ0) is 21.0. The number of nitrogens with zero attached hydrogens (tertiary/aromatic N) is 3. The van der Waals surface area contributed by atoms with Crippen molar-refractivity contribution >= 4 is 27.4 Å². The quantitative estimate of drug-likeness (QED) is 0.788. The Hall–Kier alpha value is -2.45. The third kappa shape index (κ3) is 4.49. The van der Waals surface area contributed by atoms with E-state index in [1.165, 1.54) is 10.7 Å². The summed E-state index contributed by atoms with van der Waals surface area (Å²) in [6, 6.07) is 10.0. The summed E-state index contributed by atoms with van der Waals surface area (Å²) in [7, 11) is -3.55. The van der Waals surface area contributed by atoms with Crippen LogP contribution in [0.5, 0.6) is 0 Å². The van der Waals surface area contributed by atoms with Crippen molar-refractivity contribution in [3.63, 3.8) is 0 Å². The number of anilines is 2. The largest absolute Gasteiger partial charge is 0.356 e. The highest BCUT2D eigenvalue weighted by Gasteiger charge is 2.26. The highest BCUT2D eigenvalue weighted by atomic mass is 32.2. The summed E-state index contributed by atoms with van der Waals surface area (Å²) >= 11 is 0. The highest BCUT2D eigenvalue weighted by Crippen LogP contribution is 2.25. The molecule has 0 atom stereocenters. The number of carbonyl (C=O) groups is 1. The molecule has 0 aliphatic carbocycles. The number of hydrogen-bond acceptors (Lipinski definition) is 5. The van der Waals surface area contributed by atoms with Crippen LogP contribution < -0.4 is 10.2 Å². The van der Waals surface area contributed by atoms with Gasteiger partial charge in [-0.05, 0) is 62.4 Å². The van der Waals surface area contributed by atoms with Gasteiger partial charge in [0.05, 0.1) is 10.5 Å². The number of hydrogen-bond donors (Lipinski definition) is 1. The van der Waals surface area contributed by atoms with Gasteiger partial charge >= 0.3 is 0 Å². The van der Waals surface area contributed by atoms with Gasteiger partial charge in [-0.3, -0.25) is 4.79 Å². The number of pyridine rings is 1. The van der Waals surface area contributed by atoms with Crippen LogP contribution in [0, 0.1) is 0 Å². The Morgan fingerprint density at radius 2 is 1.60 bits per heavy atom. The van der Waals surface area contributed by atoms with Crippen molar-refractivity contribution in [1.29, 1.82) is 0 Å². The molecular weight excluding hydrogens is 400 g/mol. The number of benzene rings is 1. The number of sulfonamides is 1. The van der Waals surface area contributed by atoms with Crippen molar-refractivity contribution in [3.05, 3.63) is 48.2 Å². The van der Waals surface area contributed by atoms with Crippen LogP contribution in [-0.4, -0.2) is 49.8 Å². The molecule has 2 fully saturated rings. The first-order chi connectivity index (χ1) is 14.6. The third-order valence-electron chi connectivity index (χ3n) is 5.73. The molecule has 1 aromatic heterocycles. The molecule has 0 unspecified atom stereocenters. The summed E-state index contributed by atoms with van der Waals surface area (Å²) < 4.78 is 27.4. The van der Waals surface area contributed by atoms with Crippen molar-refractivity contribution in [1.82, 2.24) is 9.29 Å². The van der Waals surface area contributed by atoms with E-state index in [2.05, 4.69) is 15.2 Å². The number of aromatic nitrogens is 1. The maximum Gasteiger partial charge on any atom is 0.259 e. The predicted molar refractivity (Wildman–Crippen MR) is 117 cm³/mol. The van der Waals surface area contributed by atoms with E-state index in [-0.39, 0.29) is 10.8 Å². The van der Waals surface area contributed by atoms with Gasteiger partial charge in [0.25, 0.3) is 5.91 Å². The maximum atomic E-state index is 13.0. The standard InChI is InChI=1S/C22H28N4O3S/c27-22(20-11-8-12-23-21(20)25-13-3-1-4-14-25)24-18-9-7-10-19(17-18)30(28,29)26-15-5-2-6-16-26/h7-12,17H,1-6,13-16H2,(H,24,27). The number of amides is 1. The van der Waals surface area contributed by atoms with Crippen LogP contribution in [0.1, 0.15) is 48.9 Å². The molecule has 8 heteroatoms. The zero-order valence-corrected chi connectivity index (χ0v) is 17.9. The SMILES string of the molecule is O=C(Nc1cccc(S(=O)(=O)N2CCCCC2)c1)c1cccnc1N1CCCCC1. The number of nitrogens with one attached hydrogen (secondary N) is 1. The molecule has 1 aromatic carbocycles. The van der Waals surface area contributed by atoms with E-state index >= 15 is 0 Å². The summed E-state index contributed by atoms with van der Waals surface area (Å²) in [5.74, 6) is 0.406. The zero-order valence-electron chi connectivity index (χ0n) is 17.1. The average molecular weight is 429 g/mol. The molecule has 0 spiro atoms. The van der Waals surface area contributed by atoms with Crippen LogP contribution in [0.3, 0.4) is 0 Å². The van der Waals surface area contributed by atoms with Crippen LogP contribution in [0.25, 0.3) is 0 Å². The Morgan fingerprint density at radius 1 is 0.900 bits per heavy atom. The first-order valence-corrected chi connectivity index (χ1v) is 12.1. The Balaban J connectivity index is 1.54. The molecule has 0 radical (unpaired) electrons. The minimum Gasteiger partial charge on any atom is -0.356 e. The highest BCUT2D eigenvalue weighted by molar-refractivity contribution is 7.89. The second-order valence-corrected chi connectivity index (χ2v) is 9.81. The second-order valence-electron chi connectivity index (χ2n) is 7.87. The van der Waals surface area contributed by atoms with Crippen LogP contribution >= 0.6 is 0 Å². The van der Waals surface area contributed by atoms with Crippen LogP contribution in [0.2, 0.25) is 0 Å². The maximum absolute atomic E-state index is 13.0. The Kier molecular flexibility index (Phi) is 6.34. The minimum absolute atomic E-state index is 0.213. The Labute approximate surface area is 178 Å². The normalized spacial score (nSPS) is 18.2. The average Bonchev–Trinajstić information content (AvgIpc) is 2.80. The van der Waals surface area contributed by atoms with Crippen molar-refractivity contribution in [2.24, 2.45) is 0 Å². The van der Waals surface area contributed by atoms with Gasteiger partial charge in [-0.1, -0.05) is 12.5 Å². The smallest absolute Gasteiger partial charge is 0.259 e. The molecule has 1 amide bonds. The monoisotopic (exact) mass is 428 g/mol. The van der Waals surface area contributed by atoms with E-state index in [9.17, 15) is 13.2 Å². The van der Waals surface area contributed by atoms with Crippen molar-refractivity contribution in [3.8, 4) is 0 Å². The number of carbonyl (C=O) groups excluding carboxylic acids is 1. The molecule has 160 valence electrons. The molecular formula is C22H28N4O3S. The van der Waals surface area contributed by atoms with E-state index < -0.39 is 10.0 Å². The summed E-state index contributed by atoms with van der Waals surface area (Å²) in [6.45, 7) is 2.88. The van der Waals surface area contributed by atoms with Crippen molar-refractivity contribution in [2.75, 3.05) is 36.4 Å². The molecule has 7 nitrogen and oxygen atoms in total. The summed E-state index contributed by atoms with van der Waals surface area (Å²) in [4.78, 5) is 19.8. The number of piperidine rings is 2. The van der Waals surface area contributed by atoms with Gasteiger partial charge in [0.2, 0.25) is 10.0 Å². The third-order valence-corrected chi connectivity index (χ3v) is 7.63. The molecule has 30 heavy (non-hydrogen) atoms. The van der Waals surface area contributed by atoms with Gasteiger partial charge < -0.3 is 10.2 Å². The van der Waals surface area contributed by atoms with E-state index in [1.54, 1.807) is 42.6 Å². The van der Waals surface area contributed by atoms with Gasteiger partial charge in [-0.15, -0.1) is 0 Å². The topological polar surface area (TPSA) is 82.6 Å². The lowest BCUT2D eigenvalue weighted by molar-refractivity contribution is 0.102. The molecule has 0 saturated carbocycles. The second kappa shape index (κ2) is 9.14. The van der Waals surface area contributed by atoms with E-state index in [1.807, 2.05) is 0 Å². The van der Waals surface area contributed by atoms with E-state index in [4.69, 9.17) is 0 Å². The molecule has 1 N–H and O–H groups in total. The van der Waals surface area contributed by atoms with Gasteiger partial charge in [-0.2, -0.15) is 4.31 Å². The first kappa shape index (κ1) is 20.8. The van der Waals surface area contributed by atoms with Crippen LogP contribution in [0.4, 0.5) is 11.5 Å². The lowest BCUT2D eigenvalue weighted by Crippen LogP contribution is -2.35. The van der Waals surface area contributed by atoms with Crippen molar-refractivity contribution < 1.29 is 13.2 Å². The van der Waals surface area contributed by atoms with Gasteiger partial charge in [0.1, 0.15) is 5.82 Å². The lowest BCUT2D eigenvalue weighted by atomic mass is 10.1. The Morgan fingerprint density at radius 3 is 2.33 bits per heavy atom. The van der Waals surface area contributed by atoms with Gasteiger partial charge in [0, 0.05) is 38.1 Å². The lowest BCUT2D eigenvalue weighted by Gasteiger charge is -2.29. The van der Waals surface area contributed by atoms with Crippen LogP contribution in [-0.2, 0) is 10.0 Å². The van der Waals surface area contributed by atoms with E-state index in [0.717, 1.165) is 45.2 Å². The van der Waals surface area contributed by atoms with Gasteiger partial charge in [0.15, 0.2) is 0 Å². The molecule has 2 saturated heterocycles.